The second-order valence-corrected chi connectivity index (χ2v) is 15.0. The van der Waals surface area contributed by atoms with Crippen molar-refractivity contribution >= 4 is 52.2 Å². The molecule has 1 aromatic heterocycles. The number of aryl methyl sites for hydroxylation is 1. The first-order valence-electron chi connectivity index (χ1n) is 15.5. The number of ether oxygens (including phenoxy) is 1. The Morgan fingerprint density at radius 2 is 1.71 bits per heavy atom. The number of alkyl halides is 3. The monoisotopic (exact) mass is 691 g/mol. The molecule has 0 radical (unpaired) electrons. The SMILES string of the molecule is Cc1ccc(N2C(=O)[C@H]3[C@H]4C[C@@H]([C@@H]3C2=O)[C@@H]2[C@H](c3cccc(OCC(=O)Nc5ccccc5C(F)(F)F)c3)c3sc(=O)[nH]c3S[C@H]42)cc1. The van der Waals surface area contributed by atoms with Crippen molar-refractivity contribution in [2.75, 3.05) is 16.8 Å². The Labute approximate surface area is 280 Å². The van der Waals surface area contributed by atoms with Crippen molar-refractivity contribution in [3.05, 3.63) is 104 Å². The molecule has 0 unspecified atom stereocenters. The lowest BCUT2D eigenvalue weighted by atomic mass is 9.68. The molecule has 3 heterocycles. The Morgan fingerprint density at radius 3 is 2.46 bits per heavy atom. The number of rotatable bonds is 6. The van der Waals surface area contributed by atoms with Crippen LogP contribution in [0.15, 0.2) is 82.6 Å². The van der Waals surface area contributed by atoms with E-state index >= 15 is 0 Å². The highest BCUT2D eigenvalue weighted by Crippen LogP contribution is 2.68. The minimum absolute atomic E-state index is 0.00206. The summed E-state index contributed by atoms with van der Waals surface area (Å²) in [6.07, 6.45) is -3.89. The van der Waals surface area contributed by atoms with Gasteiger partial charge in [0.05, 0.1) is 33.8 Å². The Hall–Kier alpha value is -4.36. The Morgan fingerprint density at radius 1 is 0.979 bits per heavy atom. The molecule has 2 bridgehead atoms. The van der Waals surface area contributed by atoms with Gasteiger partial charge in [-0.3, -0.25) is 24.1 Å². The van der Waals surface area contributed by atoms with Crippen molar-refractivity contribution in [3.8, 4) is 5.75 Å². The van der Waals surface area contributed by atoms with Crippen LogP contribution in [-0.2, 0) is 20.6 Å². The zero-order chi connectivity index (χ0) is 33.5. The Kier molecular flexibility index (Phi) is 7.33. The number of H-pyrrole nitrogens is 1. The highest BCUT2D eigenvalue weighted by molar-refractivity contribution is 8.00. The van der Waals surface area contributed by atoms with Gasteiger partial charge in [0.25, 0.3) is 5.91 Å². The lowest BCUT2D eigenvalue weighted by Crippen LogP contribution is -2.42. The number of benzene rings is 3. The summed E-state index contributed by atoms with van der Waals surface area (Å²) >= 11 is 2.72. The molecule has 48 heavy (non-hydrogen) atoms. The van der Waals surface area contributed by atoms with Crippen LogP contribution in [0.25, 0.3) is 0 Å². The van der Waals surface area contributed by atoms with Gasteiger partial charge in [-0.05, 0) is 73.1 Å². The predicted molar refractivity (Wildman–Crippen MR) is 174 cm³/mol. The van der Waals surface area contributed by atoms with Crippen LogP contribution in [0.4, 0.5) is 24.5 Å². The molecule has 0 spiro atoms. The Balaban J connectivity index is 1.07. The molecule has 7 atom stereocenters. The largest absolute Gasteiger partial charge is 0.484 e. The standard InChI is InChI=1S/C35H28F3N3O5S2/c1-16-9-11-18(12-10-16)41-32(43)27-20-14-21(28(27)33(41)44)29-26(20)25(30-31(47-29)40-34(45)48-30)17-5-4-6-19(13-17)46-15-24(42)39-23-8-3-2-7-22(23)35(36,37)38/h2-13,20-21,25-29H,14-15H2,1H3,(H,39,42)(H,40,45)/t20-,21-,25+,26-,27+,28+,29-/m1/s1. The van der Waals surface area contributed by atoms with Gasteiger partial charge in [0.15, 0.2) is 6.61 Å². The number of amides is 3. The number of aromatic nitrogens is 1. The molecule has 8 nitrogen and oxygen atoms in total. The van der Waals surface area contributed by atoms with Gasteiger partial charge in [-0.1, -0.05) is 53.3 Å². The molecule has 1 saturated heterocycles. The molecule has 2 N–H and O–H groups in total. The highest BCUT2D eigenvalue weighted by atomic mass is 32.2. The van der Waals surface area contributed by atoms with Crippen LogP contribution >= 0.6 is 23.1 Å². The minimum Gasteiger partial charge on any atom is -0.484 e. The van der Waals surface area contributed by atoms with E-state index in [0.717, 1.165) is 44.9 Å². The van der Waals surface area contributed by atoms with Gasteiger partial charge in [-0.25, -0.2) is 0 Å². The first kappa shape index (κ1) is 30.9. The lowest BCUT2D eigenvalue weighted by Gasteiger charge is -2.43. The van der Waals surface area contributed by atoms with E-state index in [1.165, 1.54) is 23.1 Å². The Bertz CT molecular complexity index is 2030. The second-order valence-electron chi connectivity index (χ2n) is 12.8. The molecule has 3 amide bonds. The van der Waals surface area contributed by atoms with Crippen molar-refractivity contribution < 1.29 is 32.3 Å². The highest BCUT2D eigenvalue weighted by Gasteiger charge is 2.69. The van der Waals surface area contributed by atoms with Crippen LogP contribution in [0.3, 0.4) is 0 Å². The zero-order valence-electron chi connectivity index (χ0n) is 25.3. The molecule has 2 saturated carbocycles. The van der Waals surface area contributed by atoms with Crippen molar-refractivity contribution in [2.24, 2.45) is 29.6 Å². The van der Waals surface area contributed by atoms with Crippen LogP contribution in [0.5, 0.6) is 5.75 Å². The number of carbonyl (C=O) groups is 3. The lowest BCUT2D eigenvalue weighted by molar-refractivity contribution is -0.137. The number of thiazole rings is 1. The summed E-state index contributed by atoms with van der Waals surface area (Å²) in [4.78, 5) is 58.1. The summed E-state index contributed by atoms with van der Waals surface area (Å²) < 4.78 is 46.0. The molecule has 2 aliphatic heterocycles. The van der Waals surface area contributed by atoms with E-state index < -0.39 is 36.1 Å². The number of anilines is 2. The fourth-order valence-electron chi connectivity index (χ4n) is 8.31. The summed E-state index contributed by atoms with van der Waals surface area (Å²) in [6.45, 7) is 1.43. The fourth-order valence-corrected chi connectivity index (χ4v) is 11.2. The van der Waals surface area contributed by atoms with E-state index in [1.807, 2.05) is 37.3 Å². The maximum absolute atomic E-state index is 14.0. The number of nitrogens with one attached hydrogen (secondary N) is 2. The van der Waals surface area contributed by atoms with Crippen LogP contribution in [0.2, 0.25) is 0 Å². The van der Waals surface area contributed by atoms with E-state index in [2.05, 4.69) is 10.3 Å². The van der Waals surface area contributed by atoms with Crippen molar-refractivity contribution in [1.29, 1.82) is 0 Å². The minimum atomic E-state index is -4.63. The molecule has 4 aromatic rings. The molecular formula is C35H28F3N3O5S2. The molecular weight excluding hydrogens is 664 g/mol. The van der Waals surface area contributed by atoms with Gasteiger partial charge in [0.1, 0.15) is 5.75 Å². The average Bonchev–Trinajstić information content (AvgIpc) is 3.79. The quantitative estimate of drug-likeness (QED) is 0.225. The maximum atomic E-state index is 14.0. The molecule has 2 aliphatic carbocycles. The smallest absolute Gasteiger partial charge is 0.418 e. The van der Waals surface area contributed by atoms with Crippen molar-refractivity contribution in [3.63, 3.8) is 0 Å². The third-order valence-corrected chi connectivity index (χ3v) is 12.7. The second kappa shape index (κ2) is 11.4. The predicted octanol–water partition coefficient (Wildman–Crippen LogP) is 6.46. The number of para-hydroxylation sites is 1. The number of carbonyl (C=O) groups excluding carboxylic acids is 3. The van der Waals surface area contributed by atoms with E-state index in [1.54, 1.807) is 30.0 Å². The topological polar surface area (TPSA) is 109 Å². The number of nitrogens with zero attached hydrogens (tertiary/aromatic N) is 1. The normalized spacial score (nSPS) is 27.1. The summed E-state index contributed by atoms with van der Waals surface area (Å²) in [5, 5.41) is 3.05. The number of hydrogen-bond donors (Lipinski definition) is 2. The molecule has 8 rings (SSSR count). The number of halogens is 3. The number of aromatic amines is 1. The van der Waals surface area contributed by atoms with E-state index in [-0.39, 0.29) is 51.3 Å². The van der Waals surface area contributed by atoms with E-state index in [9.17, 15) is 32.3 Å². The van der Waals surface area contributed by atoms with Gasteiger partial charge >= 0.3 is 11.0 Å². The van der Waals surface area contributed by atoms with Gasteiger partial charge in [-0.2, -0.15) is 13.2 Å². The van der Waals surface area contributed by atoms with Crippen LogP contribution in [-0.4, -0.2) is 34.6 Å². The number of hydrogen-bond acceptors (Lipinski definition) is 7. The van der Waals surface area contributed by atoms with Crippen LogP contribution in [0.1, 0.15) is 33.9 Å². The first-order valence-corrected chi connectivity index (χ1v) is 17.2. The van der Waals surface area contributed by atoms with Gasteiger partial charge in [-0.15, -0.1) is 11.8 Å². The first-order chi connectivity index (χ1) is 23.0. The molecule has 3 fully saturated rings. The third-order valence-electron chi connectivity index (χ3n) is 10.1. The molecule has 246 valence electrons. The van der Waals surface area contributed by atoms with Crippen LogP contribution in [0, 0.1) is 36.5 Å². The summed E-state index contributed by atoms with van der Waals surface area (Å²) in [5.74, 6) is -2.03. The number of fused-ring (bicyclic) bond motifs is 9. The van der Waals surface area contributed by atoms with Crippen molar-refractivity contribution in [2.45, 2.75) is 35.7 Å². The van der Waals surface area contributed by atoms with Gasteiger partial charge in [0, 0.05) is 16.0 Å². The van der Waals surface area contributed by atoms with Gasteiger partial charge < -0.3 is 15.0 Å². The number of thioether (sulfide) groups is 1. The third kappa shape index (κ3) is 4.97. The van der Waals surface area contributed by atoms with Crippen molar-refractivity contribution in [1.82, 2.24) is 4.98 Å². The molecule has 3 aromatic carbocycles. The average molecular weight is 692 g/mol. The molecule has 4 aliphatic rings. The fraction of sp³-hybridized carbons (Fsp3) is 0.314. The van der Waals surface area contributed by atoms with Gasteiger partial charge in [0.2, 0.25) is 11.8 Å². The summed E-state index contributed by atoms with van der Waals surface area (Å²) in [7, 11) is 0. The maximum Gasteiger partial charge on any atom is 0.418 e. The van der Waals surface area contributed by atoms with E-state index in [0.29, 0.717) is 11.4 Å². The summed E-state index contributed by atoms with van der Waals surface area (Å²) in [6, 6.07) is 19.3. The zero-order valence-corrected chi connectivity index (χ0v) is 27.0. The summed E-state index contributed by atoms with van der Waals surface area (Å²) in [5.41, 5.74) is 1.13. The van der Waals surface area contributed by atoms with Crippen LogP contribution < -0.4 is 19.8 Å². The molecule has 13 heteroatoms. The number of imide groups is 1. The van der Waals surface area contributed by atoms with E-state index in [4.69, 9.17) is 4.74 Å².